The molecule has 1 amide bonds. The Bertz CT molecular complexity index is 378. The van der Waals surface area contributed by atoms with Crippen molar-refractivity contribution in [3.63, 3.8) is 0 Å². The number of morpholine rings is 1. The van der Waals surface area contributed by atoms with Crippen molar-refractivity contribution in [2.75, 3.05) is 13.1 Å². The van der Waals surface area contributed by atoms with Crippen molar-refractivity contribution in [1.82, 2.24) is 4.90 Å². The second-order valence-corrected chi connectivity index (χ2v) is 6.65. The summed E-state index contributed by atoms with van der Waals surface area (Å²) >= 11 is 0. The van der Waals surface area contributed by atoms with Gasteiger partial charge in [0.05, 0.1) is 12.6 Å². The Morgan fingerprint density at radius 2 is 1.90 bits per heavy atom. The highest BCUT2D eigenvalue weighted by molar-refractivity contribution is 5.79. The summed E-state index contributed by atoms with van der Waals surface area (Å²) < 4.78 is 5.36. The first-order valence-electron chi connectivity index (χ1n) is 8.13. The monoisotopic (exact) mass is 297 g/mol. The predicted molar refractivity (Wildman–Crippen MR) is 78.9 cm³/mol. The van der Waals surface area contributed by atoms with E-state index in [0.29, 0.717) is 24.8 Å². The van der Waals surface area contributed by atoms with Crippen LogP contribution in [-0.2, 0) is 14.3 Å². The number of carboxylic acid groups (broad SMARTS) is 1. The fourth-order valence-electron chi connectivity index (χ4n) is 3.57. The van der Waals surface area contributed by atoms with Crippen LogP contribution in [0.25, 0.3) is 0 Å². The fraction of sp³-hybridized carbons (Fsp3) is 0.875. The second kappa shape index (κ2) is 7.25. The van der Waals surface area contributed by atoms with Gasteiger partial charge in [-0.3, -0.25) is 4.79 Å². The van der Waals surface area contributed by atoms with Gasteiger partial charge in [0, 0.05) is 13.0 Å². The molecule has 0 aromatic heterocycles. The maximum absolute atomic E-state index is 12.4. The van der Waals surface area contributed by atoms with E-state index in [-0.39, 0.29) is 18.6 Å². The van der Waals surface area contributed by atoms with Crippen LogP contribution in [0.2, 0.25) is 0 Å². The quantitative estimate of drug-likeness (QED) is 0.864. The zero-order valence-electron chi connectivity index (χ0n) is 13.1. The molecule has 1 aliphatic heterocycles. The molecule has 2 aliphatic rings. The van der Waals surface area contributed by atoms with Crippen molar-refractivity contribution in [2.24, 2.45) is 11.8 Å². The van der Waals surface area contributed by atoms with E-state index < -0.39 is 12.1 Å². The topological polar surface area (TPSA) is 66.8 Å². The molecule has 1 saturated carbocycles. The smallest absolute Gasteiger partial charge is 0.334 e. The zero-order valence-corrected chi connectivity index (χ0v) is 13.1. The van der Waals surface area contributed by atoms with Crippen LogP contribution in [0.1, 0.15) is 52.4 Å². The molecule has 2 unspecified atom stereocenters. The average molecular weight is 297 g/mol. The Kier molecular flexibility index (Phi) is 5.62. The molecule has 0 radical (unpaired) electrons. The molecule has 0 aromatic rings. The van der Waals surface area contributed by atoms with E-state index in [9.17, 15) is 9.59 Å². The molecular formula is C16H27NO4. The number of rotatable bonds is 4. The lowest BCUT2D eigenvalue weighted by molar-refractivity contribution is -0.166. The molecule has 120 valence electrons. The molecule has 0 bridgehead atoms. The van der Waals surface area contributed by atoms with Crippen LogP contribution in [0.5, 0.6) is 0 Å². The molecular weight excluding hydrogens is 270 g/mol. The van der Waals surface area contributed by atoms with E-state index in [1.54, 1.807) is 4.90 Å². The van der Waals surface area contributed by atoms with Gasteiger partial charge in [-0.15, -0.1) is 0 Å². The van der Waals surface area contributed by atoms with Crippen LogP contribution >= 0.6 is 0 Å². The van der Waals surface area contributed by atoms with E-state index >= 15 is 0 Å². The molecule has 1 aliphatic carbocycles. The molecule has 1 saturated heterocycles. The van der Waals surface area contributed by atoms with Crippen LogP contribution < -0.4 is 0 Å². The molecule has 0 spiro atoms. The van der Waals surface area contributed by atoms with Gasteiger partial charge in [0.25, 0.3) is 0 Å². The fourth-order valence-corrected chi connectivity index (χ4v) is 3.57. The van der Waals surface area contributed by atoms with E-state index in [1.807, 2.05) is 6.92 Å². The van der Waals surface area contributed by atoms with Gasteiger partial charge in [-0.1, -0.05) is 39.0 Å². The number of amides is 1. The van der Waals surface area contributed by atoms with Gasteiger partial charge in [-0.2, -0.15) is 0 Å². The number of carbonyl (C=O) groups is 2. The molecule has 1 heterocycles. The summed E-state index contributed by atoms with van der Waals surface area (Å²) in [5.74, 6) is 0.129. The number of carboxylic acids is 1. The SMILES string of the molecule is CC(CC(=O)N1CC(C(=O)O)O[C@H](C)C1)C1CCCCC1. The summed E-state index contributed by atoms with van der Waals surface area (Å²) in [7, 11) is 0. The summed E-state index contributed by atoms with van der Waals surface area (Å²) in [5.41, 5.74) is 0. The minimum absolute atomic E-state index is 0.0782. The second-order valence-electron chi connectivity index (χ2n) is 6.65. The number of hydrogen-bond donors (Lipinski definition) is 1. The lowest BCUT2D eigenvalue weighted by Gasteiger charge is -2.36. The molecule has 3 atom stereocenters. The molecule has 2 rings (SSSR count). The van der Waals surface area contributed by atoms with Crippen molar-refractivity contribution in [3.8, 4) is 0 Å². The Balaban J connectivity index is 1.87. The molecule has 5 nitrogen and oxygen atoms in total. The van der Waals surface area contributed by atoms with E-state index in [4.69, 9.17) is 9.84 Å². The summed E-state index contributed by atoms with van der Waals surface area (Å²) in [5, 5.41) is 9.08. The largest absolute Gasteiger partial charge is 0.479 e. The van der Waals surface area contributed by atoms with Crippen LogP contribution in [0.3, 0.4) is 0 Å². The van der Waals surface area contributed by atoms with E-state index in [0.717, 1.165) is 0 Å². The Labute approximate surface area is 126 Å². The Morgan fingerprint density at radius 3 is 2.52 bits per heavy atom. The number of carbonyl (C=O) groups excluding carboxylic acids is 1. The minimum Gasteiger partial charge on any atom is -0.479 e. The first kappa shape index (κ1) is 16.3. The lowest BCUT2D eigenvalue weighted by Crippen LogP contribution is -2.52. The standard InChI is InChI=1S/C16H27NO4/c1-11(13-6-4-3-5-7-13)8-15(18)17-9-12(2)21-14(10-17)16(19)20/h11-14H,3-10H2,1-2H3,(H,19,20)/t11?,12-,14?/m1/s1. The highest BCUT2D eigenvalue weighted by Gasteiger charge is 2.33. The zero-order chi connectivity index (χ0) is 15.4. The summed E-state index contributed by atoms with van der Waals surface area (Å²) in [6.07, 6.45) is 5.76. The van der Waals surface area contributed by atoms with Crippen molar-refractivity contribution >= 4 is 11.9 Å². The van der Waals surface area contributed by atoms with E-state index in [2.05, 4.69) is 6.92 Å². The highest BCUT2D eigenvalue weighted by atomic mass is 16.5. The third kappa shape index (κ3) is 4.43. The first-order valence-corrected chi connectivity index (χ1v) is 8.13. The normalized spacial score (nSPS) is 29.1. The molecule has 5 heteroatoms. The van der Waals surface area contributed by atoms with Crippen LogP contribution in [0.15, 0.2) is 0 Å². The Morgan fingerprint density at radius 1 is 1.24 bits per heavy atom. The third-order valence-corrected chi connectivity index (χ3v) is 4.84. The minimum atomic E-state index is -0.986. The van der Waals surface area contributed by atoms with Crippen LogP contribution in [0.4, 0.5) is 0 Å². The maximum atomic E-state index is 12.4. The molecule has 2 fully saturated rings. The van der Waals surface area contributed by atoms with Crippen LogP contribution in [-0.4, -0.2) is 47.2 Å². The van der Waals surface area contributed by atoms with Crippen molar-refractivity contribution in [1.29, 1.82) is 0 Å². The number of ether oxygens (including phenoxy) is 1. The maximum Gasteiger partial charge on any atom is 0.334 e. The van der Waals surface area contributed by atoms with E-state index in [1.165, 1.54) is 32.1 Å². The van der Waals surface area contributed by atoms with Crippen molar-refractivity contribution < 1.29 is 19.4 Å². The summed E-state index contributed by atoms with van der Waals surface area (Å²) in [6.45, 7) is 4.66. The predicted octanol–water partition coefficient (Wildman–Crippen LogP) is 2.29. The van der Waals surface area contributed by atoms with Gasteiger partial charge in [0.2, 0.25) is 5.91 Å². The van der Waals surface area contributed by atoms with Gasteiger partial charge in [-0.25, -0.2) is 4.79 Å². The highest BCUT2D eigenvalue weighted by Crippen LogP contribution is 2.32. The van der Waals surface area contributed by atoms with Gasteiger partial charge in [0.1, 0.15) is 0 Å². The third-order valence-electron chi connectivity index (χ3n) is 4.84. The molecule has 21 heavy (non-hydrogen) atoms. The van der Waals surface area contributed by atoms with Gasteiger partial charge >= 0.3 is 5.97 Å². The number of hydrogen-bond acceptors (Lipinski definition) is 3. The molecule has 1 N–H and O–H groups in total. The van der Waals surface area contributed by atoms with Crippen LogP contribution in [0, 0.1) is 11.8 Å². The van der Waals surface area contributed by atoms with Crippen molar-refractivity contribution in [2.45, 2.75) is 64.6 Å². The molecule has 0 aromatic carbocycles. The first-order chi connectivity index (χ1) is 9.97. The number of nitrogens with zero attached hydrogens (tertiary/aromatic N) is 1. The Hall–Kier alpha value is -1.10. The summed E-state index contributed by atoms with van der Waals surface area (Å²) in [4.78, 5) is 25.2. The average Bonchev–Trinajstić information content (AvgIpc) is 2.47. The van der Waals surface area contributed by atoms with Gasteiger partial charge in [0.15, 0.2) is 6.10 Å². The number of aliphatic carboxylic acids is 1. The van der Waals surface area contributed by atoms with Crippen molar-refractivity contribution in [3.05, 3.63) is 0 Å². The summed E-state index contributed by atoms with van der Waals surface area (Å²) in [6, 6.07) is 0. The van der Waals surface area contributed by atoms with Gasteiger partial charge in [-0.05, 0) is 18.8 Å². The lowest BCUT2D eigenvalue weighted by atomic mass is 9.79. The van der Waals surface area contributed by atoms with Gasteiger partial charge < -0.3 is 14.7 Å².